The highest BCUT2D eigenvalue weighted by Gasteiger charge is 2.28. The number of nitrogens with zero attached hydrogens (tertiary/aromatic N) is 9. The van der Waals surface area contributed by atoms with E-state index in [9.17, 15) is 0 Å². The molecule has 0 aromatic carbocycles. The third kappa shape index (κ3) is 5.13. The number of aromatic nitrogens is 6. The molecule has 0 radical (unpaired) electrons. The molecule has 3 aromatic heterocycles. The molecule has 6 rings (SSSR count). The van der Waals surface area contributed by atoms with Crippen LogP contribution < -0.4 is 4.90 Å². The topological polar surface area (TPSA) is 88.3 Å². The molecule has 0 bridgehead atoms. The van der Waals surface area contributed by atoms with Crippen molar-refractivity contribution in [3.8, 4) is 11.4 Å². The number of ether oxygens (including phenoxy) is 1. The number of aryl methyl sites for hydroxylation is 3. The first-order chi connectivity index (χ1) is 18.6. The Bertz CT molecular complexity index is 1250. The van der Waals surface area contributed by atoms with Crippen LogP contribution in [0.1, 0.15) is 56.4 Å². The minimum Gasteiger partial charge on any atom is -0.378 e. The molecule has 0 saturated carbocycles. The van der Waals surface area contributed by atoms with Crippen LogP contribution in [0.25, 0.3) is 22.6 Å². The van der Waals surface area contributed by atoms with E-state index in [4.69, 9.17) is 19.7 Å². The zero-order valence-corrected chi connectivity index (χ0v) is 23.2. The van der Waals surface area contributed by atoms with Crippen LogP contribution in [-0.4, -0.2) is 97.8 Å². The van der Waals surface area contributed by atoms with Gasteiger partial charge in [0.15, 0.2) is 22.8 Å². The molecular formula is C28H41N9O. The number of hydrogen-bond acceptors (Lipinski definition) is 9. The van der Waals surface area contributed by atoms with E-state index >= 15 is 0 Å². The number of piperidine rings is 2. The van der Waals surface area contributed by atoms with E-state index in [1.165, 1.54) is 45.2 Å². The molecule has 6 heterocycles. The molecule has 0 spiro atoms. The minimum absolute atomic E-state index is 0.667. The molecule has 0 N–H and O–H groups in total. The van der Waals surface area contributed by atoms with Gasteiger partial charge in [0.1, 0.15) is 11.6 Å². The molecule has 0 amide bonds. The van der Waals surface area contributed by atoms with E-state index in [-0.39, 0.29) is 0 Å². The second kappa shape index (κ2) is 11.2. The summed E-state index contributed by atoms with van der Waals surface area (Å²) >= 11 is 0. The number of likely N-dealkylation sites (tertiary alicyclic amines) is 2. The molecule has 0 aliphatic carbocycles. The summed E-state index contributed by atoms with van der Waals surface area (Å²) in [6.45, 7) is 15.6. The molecule has 204 valence electrons. The fourth-order valence-corrected chi connectivity index (χ4v) is 6.33. The maximum absolute atomic E-state index is 5.64. The Hall–Kier alpha value is -2.69. The number of fused-ring (bicyclic) bond motifs is 1. The standard InChI is InChI=1S/C28H41N9O/c1-4-37-24(19-34-12-8-22(9-13-34)35-10-6-5-7-11-35)31-25-27(36-14-16-38-17-15-36)32-26(33-28(25)37)23-18-29-21(3)30-20(23)2/h18,22H,4-17,19H2,1-3H3. The Morgan fingerprint density at radius 1 is 0.895 bits per heavy atom. The Labute approximate surface area is 225 Å². The van der Waals surface area contributed by atoms with E-state index in [2.05, 4.69) is 36.2 Å². The molecule has 10 nitrogen and oxygen atoms in total. The van der Waals surface area contributed by atoms with Crippen molar-refractivity contribution in [2.24, 2.45) is 0 Å². The van der Waals surface area contributed by atoms with Gasteiger partial charge in [-0.2, -0.15) is 0 Å². The normalized spacial score (nSPS) is 20.4. The molecule has 10 heteroatoms. The number of morpholine rings is 1. The maximum atomic E-state index is 5.64. The quantitative estimate of drug-likeness (QED) is 0.487. The van der Waals surface area contributed by atoms with E-state index in [1.54, 1.807) is 0 Å². The highest BCUT2D eigenvalue weighted by Crippen LogP contribution is 2.30. The van der Waals surface area contributed by atoms with Crippen LogP contribution in [0.2, 0.25) is 0 Å². The Morgan fingerprint density at radius 2 is 1.66 bits per heavy atom. The number of hydrogen-bond donors (Lipinski definition) is 0. The number of rotatable bonds is 6. The average molecular weight is 520 g/mol. The summed E-state index contributed by atoms with van der Waals surface area (Å²) in [5, 5.41) is 0. The highest BCUT2D eigenvalue weighted by atomic mass is 16.5. The summed E-state index contributed by atoms with van der Waals surface area (Å²) in [4.78, 5) is 32.0. The summed E-state index contributed by atoms with van der Waals surface area (Å²) in [7, 11) is 0. The van der Waals surface area contributed by atoms with E-state index in [1.807, 2.05) is 20.0 Å². The van der Waals surface area contributed by atoms with Crippen LogP contribution in [-0.2, 0) is 17.8 Å². The molecule has 38 heavy (non-hydrogen) atoms. The lowest BCUT2D eigenvalue weighted by Gasteiger charge is -2.40. The van der Waals surface area contributed by atoms with Gasteiger partial charge in [0, 0.05) is 45.0 Å². The van der Waals surface area contributed by atoms with Gasteiger partial charge < -0.3 is 19.1 Å². The summed E-state index contributed by atoms with van der Waals surface area (Å²) in [6, 6.07) is 0.748. The van der Waals surface area contributed by atoms with Crippen molar-refractivity contribution in [1.82, 2.24) is 39.3 Å². The van der Waals surface area contributed by atoms with Crippen LogP contribution in [0.5, 0.6) is 0 Å². The average Bonchev–Trinajstić information content (AvgIpc) is 3.30. The summed E-state index contributed by atoms with van der Waals surface area (Å²) in [5.41, 5.74) is 3.56. The van der Waals surface area contributed by atoms with Crippen molar-refractivity contribution >= 4 is 17.0 Å². The van der Waals surface area contributed by atoms with E-state index in [0.717, 1.165) is 85.2 Å². The van der Waals surface area contributed by atoms with Crippen molar-refractivity contribution in [3.05, 3.63) is 23.5 Å². The van der Waals surface area contributed by atoms with Crippen LogP contribution >= 0.6 is 0 Å². The smallest absolute Gasteiger partial charge is 0.167 e. The summed E-state index contributed by atoms with van der Waals surface area (Å²) in [6.07, 6.45) is 8.48. The molecular weight excluding hydrogens is 478 g/mol. The third-order valence-corrected chi connectivity index (χ3v) is 8.45. The highest BCUT2D eigenvalue weighted by molar-refractivity contribution is 5.86. The van der Waals surface area contributed by atoms with Crippen molar-refractivity contribution in [2.75, 3.05) is 57.4 Å². The van der Waals surface area contributed by atoms with Crippen molar-refractivity contribution in [2.45, 2.75) is 72.0 Å². The van der Waals surface area contributed by atoms with Crippen LogP contribution in [0.4, 0.5) is 5.82 Å². The molecule has 3 aliphatic heterocycles. The monoisotopic (exact) mass is 519 g/mol. The zero-order chi connectivity index (χ0) is 26.1. The van der Waals surface area contributed by atoms with Gasteiger partial charge in [-0.05, 0) is 59.5 Å². The van der Waals surface area contributed by atoms with Gasteiger partial charge in [0.05, 0.1) is 31.0 Å². The Balaban J connectivity index is 1.32. The van der Waals surface area contributed by atoms with Crippen LogP contribution in [0.15, 0.2) is 6.20 Å². The summed E-state index contributed by atoms with van der Waals surface area (Å²) in [5.74, 6) is 3.40. The fourth-order valence-electron chi connectivity index (χ4n) is 6.33. The van der Waals surface area contributed by atoms with Gasteiger partial charge >= 0.3 is 0 Å². The predicted molar refractivity (Wildman–Crippen MR) is 148 cm³/mol. The van der Waals surface area contributed by atoms with Gasteiger partial charge in [-0.1, -0.05) is 6.42 Å². The lowest BCUT2D eigenvalue weighted by Crippen LogP contribution is -2.46. The van der Waals surface area contributed by atoms with Crippen LogP contribution in [0.3, 0.4) is 0 Å². The van der Waals surface area contributed by atoms with E-state index in [0.29, 0.717) is 19.0 Å². The molecule has 3 saturated heterocycles. The Kier molecular flexibility index (Phi) is 7.54. The molecule has 3 aromatic rings. The molecule has 0 unspecified atom stereocenters. The molecule has 3 fully saturated rings. The predicted octanol–water partition coefficient (Wildman–Crippen LogP) is 3.21. The Morgan fingerprint density at radius 3 is 2.37 bits per heavy atom. The van der Waals surface area contributed by atoms with E-state index < -0.39 is 0 Å². The molecule has 0 atom stereocenters. The lowest BCUT2D eigenvalue weighted by molar-refractivity contribution is 0.0881. The van der Waals surface area contributed by atoms with Gasteiger partial charge in [0.2, 0.25) is 0 Å². The van der Waals surface area contributed by atoms with Crippen molar-refractivity contribution < 1.29 is 4.74 Å². The second-order valence-electron chi connectivity index (χ2n) is 10.9. The van der Waals surface area contributed by atoms with Crippen molar-refractivity contribution in [1.29, 1.82) is 0 Å². The van der Waals surface area contributed by atoms with Gasteiger partial charge in [0.25, 0.3) is 0 Å². The van der Waals surface area contributed by atoms with Crippen molar-refractivity contribution in [3.63, 3.8) is 0 Å². The largest absolute Gasteiger partial charge is 0.378 e. The zero-order valence-electron chi connectivity index (χ0n) is 23.2. The van der Waals surface area contributed by atoms with Gasteiger partial charge in [-0.15, -0.1) is 0 Å². The first-order valence-electron chi connectivity index (χ1n) is 14.5. The third-order valence-electron chi connectivity index (χ3n) is 8.45. The number of imidazole rings is 1. The maximum Gasteiger partial charge on any atom is 0.167 e. The van der Waals surface area contributed by atoms with Gasteiger partial charge in [-0.3, -0.25) is 4.90 Å². The second-order valence-corrected chi connectivity index (χ2v) is 10.9. The lowest BCUT2D eigenvalue weighted by atomic mass is 10.00. The van der Waals surface area contributed by atoms with Gasteiger partial charge in [-0.25, -0.2) is 24.9 Å². The molecule has 3 aliphatic rings. The minimum atomic E-state index is 0.667. The SMILES string of the molecule is CCn1c(CN2CCC(N3CCCCC3)CC2)nc2c(N3CCOCC3)nc(-c3cnc(C)nc3C)nc21. The van der Waals surface area contributed by atoms with Crippen LogP contribution in [0, 0.1) is 13.8 Å². The first-order valence-corrected chi connectivity index (χ1v) is 14.5. The fraction of sp³-hybridized carbons (Fsp3) is 0.679. The summed E-state index contributed by atoms with van der Waals surface area (Å²) < 4.78 is 7.93. The number of anilines is 1. The first kappa shape index (κ1) is 25.6.